The zero-order valence-corrected chi connectivity index (χ0v) is 13.7. The number of carbonyl (C=O) groups is 2. The molecule has 5 nitrogen and oxygen atoms in total. The van der Waals surface area contributed by atoms with Gasteiger partial charge in [-0.25, -0.2) is 9.18 Å². The van der Waals surface area contributed by atoms with E-state index in [2.05, 4.69) is 6.58 Å². The fraction of sp³-hybridized carbons (Fsp3) is 0.158. The Hall–Kier alpha value is -3.15. The lowest BCUT2D eigenvalue weighted by Crippen LogP contribution is -2.10. The Kier molecular flexibility index (Phi) is 6.28. The van der Waals surface area contributed by atoms with Gasteiger partial charge in [-0.05, 0) is 36.2 Å². The third-order valence-corrected chi connectivity index (χ3v) is 3.29. The zero-order chi connectivity index (χ0) is 18.2. The molecule has 0 N–H and O–H groups in total. The Labute approximate surface area is 144 Å². The lowest BCUT2D eigenvalue weighted by atomic mass is 10.1. The molecule has 0 fully saturated rings. The molecule has 2 rings (SSSR count). The van der Waals surface area contributed by atoms with Crippen LogP contribution in [0.2, 0.25) is 0 Å². The molecule has 0 bridgehead atoms. The molecule has 0 unspecified atom stereocenters. The quantitative estimate of drug-likeness (QED) is 0.437. The van der Waals surface area contributed by atoms with Crippen molar-refractivity contribution in [2.45, 2.75) is 12.8 Å². The molecule has 2 aromatic carbocycles. The van der Waals surface area contributed by atoms with Gasteiger partial charge in [0.1, 0.15) is 11.5 Å². The van der Waals surface area contributed by atoms with E-state index in [0.29, 0.717) is 17.9 Å². The van der Waals surface area contributed by atoms with Crippen LogP contribution in [0.4, 0.5) is 4.39 Å². The first kappa shape index (κ1) is 18.2. The van der Waals surface area contributed by atoms with Crippen LogP contribution in [0.25, 0.3) is 0 Å². The van der Waals surface area contributed by atoms with Crippen LogP contribution in [0.3, 0.4) is 0 Å². The average Bonchev–Trinajstić information content (AvgIpc) is 2.62. The van der Waals surface area contributed by atoms with E-state index in [1.165, 1.54) is 19.2 Å². The summed E-state index contributed by atoms with van der Waals surface area (Å²) in [4.78, 5) is 22.9. The highest BCUT2D eigenvalue weighted by Gasteiger charge is 2.11. The van der Waals surface area contributed by atoms with Crippen LogP contribution in [0.15, 0.2) is 55.1 Å². The number of rotatable bonds is 7. The molecule has 0 amide bonds. The molecule has 130 valence electrons. The van der Waals surface area contributed by atoms with Gasteiger partial charge in [-0.15, -0.1) is 0 Å². The van der Waals surface area contributed by atoms with Gasteiger partial charge in [-0.2, -0.15) is 0 Å². The van der Waals surface area contributed by atoms with Crippen LogP contribution >= 0.6 is 0 Å². The van der Waals surface area contributed by atoms with Gasteiger partial charge in [-0.1, -0.05) is 18.7 Å². The molecule has 0 saturated carbocycles. The SMILES string of the molecule is C=CC(=O)Oc1ccc(CCC(=O)Oc2ccc(OC)cc2F)cc1. The van der Waals surface area contributed by atoms with Crippen molar-refractivity contribution < 1.29 is 28.2 Å². The Bertz CT molecular complexity index is 768. The topological polar surface area (TPSA) is 61.8 Å². The summed E-state index contributed by atoms with van der Waals surface area (Å²) in [7, 11) is 1.42. The van der Waals surface area contributed by atoms with E-state index in [-0.39, 0.29) is 12.2 Å². The first-order chi connectivity index (χ1) is 12.0. The lowest BCUT2D eigenvalue weighted by Gasteiger charge is -2.07. The van der Waals surface area contributed by atoms with Crippen LogP contribution < -0.4 is 14.2 Å². The number of ether oxygens (including phenoxy) is 3. The molecule has 0 aliphatic heterocycles. The molecule has 0 aliphatic rings. The first-order valence-corrected chi connectivity index (χ1v) is 7.49. The van der Waals surface area contributed by atoms with E-state index in [4.69, 9.17) is 14.2 Å². The highest BCUT2D eigenvalue weighted by atomic mass is 19.1. The van der Waals surface area contributed by atoms with Crippen molar-refractivity contribution in [2.24, 2.45) is 0 Å². The van der Waals surface area contributed by atoms with Crippen LogP contribution in [0, 0.1) is 5.82 Å². The van der Waals surface area contributed by atoms with Crippen molar-refractivity contribution in [1.82, 2.24) is 0 Å². The van der Waals surface area contributed by atoms with Crippen LogP contribution in [-0.2, 0) is 16.0 Å². The number of carbonyl (C=O) groups excluding carboxylic acids is 2. The van der Waals surface area contributed by atoms with Crippen molar-refractivity contribution in [3.05, 3.63) is 66.5 Å². The predicted octanol–water partition coefficient (Wildman–Crippen LogP) is 3.46. The fourth-order valence-electron chi connectivity index (χ4n) is 1.99. The summed E-state index contributed by atoms with van der Waals surface area (Å²) in [5.41, 5.74) is 0.852. The largest absolute Gasteiger partial charge is 0.497 e. The monoisotopic (exact) mass is 344 g/mol. The maximum absolute atomic E-state index is 13.7. The predicted molar refractivity (Wildman–Crippen MR) is 89.2 cm³/mol. The molecule has 2 aromatic rings. The Morgan fingerprint density at radius 3 is 2.36 bits per heavy atom. The summed E-state index contributed by atoms with van der Waals surface area (Å²) in [5.74, 6) is -1.17. The summed E-state index contributed by atoms with van der Waals surface area (Å²) in [6, 6.07) is 10.7. The molecular formula is C19H17FO5. The number of halogens is 1. The number of hydrogen-bond donors (Lipinski definition) is 0. The van der Waals surface area contributed by atoms with Gasteiger partial charge in [-0.3, -0.25) is 4.79 Å². The van der Waals surface area contributed by atoms with E-state index >= 15 is 0 Å². The number of aryl methyl sites for hydroxylation is 1. The second-order valence-electron chi connectivity index (χ2n) is 5.04. The minimum atomic E-state index is -0.666. The molecule has 0 atom stereocenters. The van der Waals surface area contributed by atoms with Crippen molar-refractivity contribution >= 4 is 11.9 Å². The van der Waals surface area contributed by atoms with Gasteiger partial charge in [0.2, 0.25) is 0 Å². The van der Waals surface area contributed by atoms with Crippen molar-refractivity contribution in [3.63, 3.8) is 0 Å². The van der Waals surface area contributed by atoms with Crippen molar-refractivity contribution in [2.75, 3.05) is 7.11 Å². The van der Waals surface area contributed by atoms with Gasteiger partial charge >= 0.3 is 11.9 Å². The van der Waals surface area contributed by atoms with E-state index in [1.807, 2.05) is 0 Å². The second-order valence-corrected chi connectivity index (χ2v) is 5.04. The smallest absolute Gasteiger partial charge is 0.335 e. The van der Waals surface area contributed by atoms with Crippen LogP contribution in [0.5, 0.6) is 17.2 Å². The molecule has 0 aromatic heterocycles. The first-order valence-electron chi connectivity index (χ1n) is 7.49. The number of hydrogen-bond acceptors (Lipinski definition) is 5. The highest BCUT2D eigenvalue weighted by Crippen LogP contribution is 2.23. The Morgan fingerprint density at radius 2 is 1.76 bits per heavy atom. The molecule has 0 aliphatic carbocycles. The maximum Gasteiger partial charge on any atom is 0.335 e. The summed E-state index contributed by atoms with van der Waals surface area (Å²) in [6.45, 7) is 3.31. The molecule has 0 saturated heterocycles. The minimum absolute atomic E-state index is 0.0806. The maximum atomic E-state index is 13.7. The third-order valence-electron chi connectivity index (χ3n) is 3.29. The van der Waals surface area contributed by atoms with Gasteiger partial charge in [0.05, 0.1) is 7.11 Å². The van der Waals surface area contributed by atoms with E-state index < -0.39 is 17.8 Å². The molecule has 25 heavy (non-hydrogen) atoms. The third kappa shape index (κ3) is 5.46. The number of methoxy groups -OCH3 is 1. The number of esters is 2. The Balaban J connectivity index is 1.87. The average molecular weight is 344 g/mol. The molecule has 6 heteroatoms. The minimum Gasteiger partial charge on any atom is -0.497 e. The fourth-order valence-corrected chi connectivity index (χ4v) is 1.99. The van der Waals surface area contributed by atoms with Crippen molar-refractivity contribution in [1.29, 1.82) is 0 Å². The summed E-state index contributed by atoms with van der Waals surface area (Å²) < 4.78 is 28.6. The van der Waals surface area contributed by atoms with Gasteiger partial charge in [0.15, 0.2) is 11.6 Å². The van der Waals surface area contributed by atoms with E-state index in [1.54, 1.807) is 24.3 Å². The Morgan fingerprint density at radius 1 is 1.08 bits per heavy atom. The summed E-state index contributed by atoms with van der Waals surface area (Å²) >= 11 is 0. The molecule has 0 radical (unpaired) electrons. The molecular weight excluding hydrogens is 327 g/mol. The van der Waals surface area contributed by atoms with Crippen LogP contribution in [-0.4, -0.2) is 19.0 Å². The van der Waals surface area contributed by atoms with Gasteiger partial charge in [0, 0.05) is 18.6 Å². The van der Waals surface area contributed by atoms with Crippen molar-refractivity contribution in [3.8, 4) is 17.2 Å². The second kappa shape index (κ2) is 8.63. The zero-order valence-electron chi connectivity index (χ0n) is 13.7. The van der Waals surface area contributed by atoms with Crippen LogP contribution in [0.1, 0.15) is 12.0 Å². The van der Waals surface area contributed by atoms with E-state index in [0.717, 1.165) is 17.7 Å². The summed E-state index contributed by atoms with van der Waals surface area (Å²) in [5, 5.41) is 0. The lowest BCUT2D eigenvalue weighted by molar-refractivity contribution is -0.134. The van der Waals surface area contributed by atoms with Gasteiger partial charge in [0.25, 0.3) is 0 Å². The van der Waals surface area contributed by atoms with Gasteiger partial charge < -0.3 is 14.2 Å². The molecule has 0 spiro atoms. The molecule has 0 heterocycles. The summed E-state index contributed by atoms with van der Waals surface area (Å²) in [6.07, 6.45) is 1.56. The highest BCUT2D eigenvalue weighted by molar-refractivity contribution is 5.83. The number of benzene rings is 2. The van der Waals surface area contributed by atoms with E-state index in [9.17, 15) is 14.0 Å². The normalized spacial score (nSPS) is 10.0. The standard InChI is InChI=1S/C19H17FO5/c1-3-18(21)24-14-7-4-13(5-8-14)6-11-19(22)25-17-10-9-15(23-2)12-16(17)20/h3-5,7-10,12H,1,6,11H2,2H3.